The number of carbonyl (C=O) groups excluding carboxylic acids is 1. The highest BCUT2D eigenvalue weighted by Crippen LogP contribution is 2.22. The first-order valence-corrected chi connectivity index (χ1v) is 10.6. The van der Waals surface area contributed by atoms with Crippen molar-refractivity contribution in [3.8, 4) is 11.3 Å². The van der Waals surface area contributed by atoms with Gasteiger partial charge < -0.3 is 16.0 Å². The Morgan fingerprint density at radius 3 is 2.75 bits per heavy atom. The van der Waals surface area contributed by atoms with E-state index in [9.17, 15) is 4.79 Å². The SMILES string of the molecule is Cn1cc(-c2ccc3cnc(NC(=O)c4ccnc(N5CCC(N)CC5)c4)cc3n2)cn1. The minimum absolute atomic E-state index is 0.238. The van der Waals surface area contributed by atoms with Gasteiger partial charge in [-0.15, -0.1) is 0 Å². The predicted octanol–water partition coefficient (Wildman–Crippen LogP) is 2.61. The Bertz CT molecular complexity index is 1280. The van der Waals surface area contributed by atoms with Crippen LogP contribution in [0.1, 0.15) is 23.2 Å². The molecule has 0 unspecified atom stereocenters. The lowest BCUT2D eigenvalue weighted by Crippen LogP contribution is -2.40. The summed E-state index contributed by atoms with van der Waals surface area (Å²) in [6, 6.07) is 9.43. The molecule has 0 bridgehead atoms. The fraction of sp³-hybridized carbons (Fsp3) is 0.261. The number of nitrogens with zero attached hydrogens (tertiary/aromatic N) is 6. The van der Waals surface area contributed by atoms with E-state index in [1.54, 1.807) is 35.4 Å². The summed E-state index contributed by atoms with van der Waals surface area (Å²) in [5, 5.41) is 7.97. The molecule has 9 nitrogen and oxygen atoms in total. The maximum atomic E-state index is 12.9. The van der Waals surface area contributed by atoms with Crippen LogP contribution in [-0.4, -0.2) is 49.8 Å². The van der Waals surface area contributed by atoms with Crippen molar-refractivity contribution in [1.29, 1.82) is 0 Å². The van der Waals surface area contributed by atoms with Crippen LogP contribution in [0.5, 0.6) is 0 Å². The van der Waals surface area contributed by atoms with Gasteiger partial charge in [-0.05, 0) is 37.1 Å². The van der Waals surface area contributed by atoms with Crippen molar-refractivity contribution < 1.29 is 4.79 Å². The number of nitrogens with one attached hydrogen (secondary N) is 1. The van der Waals surface area contributed by atoms with Gasteiger partial charge in [0.25, 0.3) is 5.91 Å². The molecule has 4 aromatic heterocycles. The van der Waals surface area contributed by atoms with E-state index < -0.39 is 0 Å². The first kappa shape index (κ1) is 20.1. The van der Waals surface area contributed by atoms with Gasteiger partial charge in [-0.3, -0.25) is 9.48 Å². The number of carbonyl (C=O) groups is 1. The quantitative estimate of drug-likeness (QED) is 0.513. The number of pyridine rings is 3. The van der Waals surface area contributed by atoms with E-state index in [2.05, 4.69) is 25.3 Å². The van der Waals surface area contributed by atoms with Crippen LogP contribution in [0, 0.1) is 0 Å². The highest BCUT2D eigenvalue weighted by atomic mass is 16.1. The van der Waals surface area contributed by atoms with Crippen molar-refractivity contribution >= 4 is 28.4 Å². The Morgan fingerprint density at radius 1 is 1.12 bits per heavy atom. The molecule has 0 atom stereocenters. The van der Waals surface area contributed by atoms with Gasteiger partial charge >= 0.3 is 0 Å². The largest absolute Gasteiger partial charge is 0.356 e. The second-order valence-electron chi connectivity index (χ2n) is 8.04. The molecule has 0 radical (unpaired) electrons. The minimum Gasteiger partial charge on any atom is -0.356 e. The molecule has 3 N–H and O–H groups in total. The number of fused-ring (bicyclic) bond motifs is 1. The van der Waals surface area contributed by atoms with Crippen molar-refractivity contribution in [2.24, 2.45) is 12.8 Å². The molecule has 1 aliphatic heterocycles. The molecular formula is C23H24N8O. The summed E-state index contributed by atoms with van der Waals surface area (Å²) >= 11 is 0. The summed E-state index contributed by atoms with van der Waals surface area (Å²) in [6.45, 7) is 1.69. The van der Waals surface area contributed by atoms with Crippen molar-refractivity contribution in [3.05, 3.63) is 60.7 Å². The van der Waals surface area contributed by atoms with Crippen LogP contribution in [0.25, 0.3) is 22.2 Å². The van der Waals surface area contributed by atoms with Crippen LogP contribution >= 0.6 is 0 Å². The van der Waals surface area contributed by atoms with E-state index in [4.69, 9.17) is 10.7 Å². The molecule has 9 heteroatoms. The van der Waals surface area contributed by atoms with E-state index in [1.807, 2.05) is 31.4 Å². The second kappa shape index (κ2) is 8.35. The van der Waals surface area contributed by atoms with Gasteiger partial charge in [0.2, 0.25) is 0 Å². The van der Waals surface area contributed by atoms with Gasteiger partial charge in [-0.1, -0.05) is 0 Å². The highest BCUT2D eigenvalue weighted by molar-refractivity contribution is 6.04. The van der Waals surface area contributed by atoms with Gasteiger partial charge in [0.15, 0.2) is 0 Å². The predicted molar refractivity (Wildman–Crippen MR) is 123 cm³/mol. The summed E-state index contributed by atoms with van der Waals surface area (Å²) in [5.74, 6) is 0.997. The summed E-state index contributed by atoms with van der Waals surface area (Å²) < 4.78 is 1.74. The fourth-order valence-electron chi connectivity index (χ4n) is 3.85. The maximum Gasteiger partial charge on any atom is 0.257 e. The average Bonchev–Trinajstić information content (AvgIpc) is 3.25. The summed E-state index contributed by atoms with van der Waals surface area (Å²) in [7, 11) is 1.87. The van der Waals surface area contributed by atoms with E-state index in [1.165, 1.54) is 0 Å². The Morgan fingerprint density at radius 2 is 1.97 bits per heavy atom. The van der Waals surface area contributed by atoms with Crippen molar-refractivity contribution in [3.63, 3.8) is 0 Å². The van der Waals surface area contributed by atoms with Gasteiger partial charge in [-0.25, -0.2) is 15.0 Å². The number of piperidine rings is 1. The van der Waals surface area contributed by atoms with Crippen molar-refractivity contribution in [2.45, 2.75) is 18.9 Å². The third-order valence-electron chi connectivity index (χ3n) is 5.69. The molecule has 4 aromatic rings. The van der Waals surface area contributed by atoms with Crippen LogP contribution in [0.4, 0.5) is 11.6 Å². The molecule has 1 aliphatic rings. The number of hydrogen-bond donors (Lipinski definition) is 2. The Labute approximate surface area is 185 Å². The molecule has 5 rings (SSSR count). The summed E-state index contributed by atoms with van der Waals surface area (Å²) in [6.07, 6.45) is 8.90. The maximum absolute atomic E-state index is 12.9. The summed E-state index contributed by atoms with van der Waals surface area (Å²) in [4.78, 5) is 28.6. The lowest BCUT2D eigenvalue weighted by molar-refractivity contribution is 0.102. The number of amides is 1. The van der Waals surface area contributed by atoms with E-state index >= 15 is 0 Å². The molecule has 162 valence electrons. The molecule has 5 heterocycles. The van der Waals surface area contributed by atoms with Crippen LogP contribution in [0.3, 0.4) is 0 Å². The topological polar surface area (TPSA) is 115 Å². The Balaban J connectivity index is 1.36. The Kier molecular flexibility index (Phi) is 5.24. The standard InChI is InChI=1S/C23H24N8O/c1-30-14-17(13-27-30)19-3-2-16-12-26-21(11-20(16)28-19)29-23(32)15-4-7-25-22(10-15)31-8-5-18(24)6-9-31/h2-4,7,10-14,18H,5-6,8-9,24H2,1H3,(H,26,29,32). The van der Waals surface area contributed by atoms with Gasteiger partial charge in [0.05, 0.1) is 17.4 Å². The van der Waals surface area contributed by atoms with Crippen molar-refractivity contribution in [1.82, 2.24) is 24.7 Å². The zero-order valence-electron chi connectivity index (χ0n) is 17.8. The molecule has 32 heavy (non-hydrogen) atoms. The van der Waals surface area contributed by atoms with Gasteiger partial charge in [0, 0.05) is 67.3 Å². The first-order chi connectivity index (χ1) is 15.5. The highest BCUT2D eigenvalue weighted by Gasteiger charge is 2.18. The zero-order chi connectivity index (χ0) is 22.1. The average molecular weight is 429 g/mol. The number of anilines is 2. The lowest BCUT2D eigenvalue weighted by Gasteiger charge is -2.31. The molecule has 0 aromatic carbocycles. The molecule has 1 amide bonds. The monoisotopic (exact) mass is 428 g/mol. The smallest absolute Gasteiger partial charge is 0.257 e. The minimum atomic E-state index is -0.238. The third kappa shape index (κ3) is 4.15. The van der Waals surface area contributed by atoms with Crippen LogP contribution < -0.4 is 16.0 Å². The molecule has 0 saturated carbocycles. The van der Waals surface area contributed by atoms with Crippen molar-refractivity contribution in [2.75, 3.05) is 23.3 Å². The van der Waals surface area contributed by atoms with Crippen LogP contribution in [-0.2, 0) is 7.05 Å². The van der Waals surface area contributed by atoms with E-state index in [0.29, 0.717) is 11.4 Å². The third-order valence-corrected chi connectivity index (χ3v) is 5.69. The normalized spacial score (nSPS) is 14.6. The Hall–Kier alpha value is -3.85. The number of rotatable bonds is 4. The summed E-state index contributed by atoms with van der Waals surface area (Å²) in [5.41, 5.74) is 9.02. The molecule has 0 spiro atoms. The molecule has 1 saturated heterocycles. The lowest BCUT2D eigenvalue weighted by atomic mass is 10.1. The van der Waals surface area contributed by atoms with E-state index in [-0.39, 0.29) is 11.9 Å². The number of aryl methyl sites for hydroxylation is 1. The van der Waals surface area contributed by atoms with Gasteiger partial charge in [0.1, 0.15) is 11.6 Å². The second-order valence-corrected chi connectivity index (χ2v) is 8.04. The fourth-order valence-corrected chi connectivity index (χ4v) is 3.85. The number of aromatic nitrogens is 5. The molecular weight excluding hydrogens is 404 g/mol. The first-order valence-electron chi connectivity index (χ1n) is 10.6. The number of nitrogens with two attached hydrogens (primary N) is 1. The van der Waals surface area contributed by atoms with Crippen LogP contribution in [0.15, 0.2) is 55.1 Å². The zero-order valence-corrected chi connectivity index (χ0v) is 17.8. The van der Waals surface area contributed by atoms with Crippen LogP contribution in [0.2, 0.25) is 0 Å². The van der Waals surface area contributed by atoms with Gasteiger partial charge in [-0.2, -0.15) is 5.10 Å². The molecule has 0 aliphatic carbocycles. The number of hydrogen-bond acceptors (Lipinski definition) is 7. The van der Waals surface area contributed by atoms with E-state index in [0.717, 1.165) is 53.9 Å². The molecule has 1 fully saturated rings.